The van der Waals surface area contributed by atoms with E-state index in [1.54, 1.807) is 7.11 Å². The molecular formula is C18H30N4O2. The van der Waals surface area contributed by atoms with Crippen molar-refractivity contribution in [3.63, 3.8) is 0 Å². The Bertz CT molecular complexity index is 518. The van der Waals surface area contributed by atoms with Gasteiger partial charge in [0.2, 0.25) is 0 Å². The van der Waals surface area contributed by atoms with Gasteiger partial charge in [0.1, 0.15) is 17.6 Å². The van der Waals surface area contributed by atoms with Crippen molar-refractivity contribution in [3.05, 3.63) is 24.3 Å². The third-order valence-electron chi connectivity index (χ3n) is 4.34. The minimum absolute atomic E-state index is 0.0441. The maximum absolute atomic E-state index is 5.97. The van der Waals surface area contributed by atoms with Crippen LogP contribution in [0, 0.1) is 0 Å². The van der Waals surface area contributed by atoms with E-state index in [2.05, 4.69) is 22.1 Å². The molecule has 0 spiro atoms. The first-order valence-corrected chi connectivity index (χ1v) is 8.71. The number of methoxy groups -OCH3 is 1. The van der Waals surface area contributed by atoms with E-state index < -0.39 is 0 Å². The van der Waals surface area contributed by atoms with Gasteiger partial charge in [0.25, 0.3) is 0 Å². The number of likely N-dealkylation sites (N-methyl/N-ethyl adjacent to an activating group) is 1. The Morgan fingerprint density at radius 1 is 1.38 bits per heavy atom. The summed E-state index contributed by atoms with van der Waals surface area (Å²) in [6.07, 6.45) is 2.45. The van der Waals surface area contributed by atoms with Crippen LogP contribution >= 0.6 is 0 Å². The first-order chi connectivity index (χ1) is 11.6. The molecule has 0 amide bonds. The minimum Gasteiger partial charge on any atom is -0.497 e. The van der Waals surface area contributed by atoms with Crippen LogP contribution in [0.1, 0.15) is 26.7 Å². The second-order valence-electron chi connectivity index (χ2n) is 6.14. The lowest BCUT2D eigenvalue weighted by Gasteiger charge is -2.23. The SMILES string of the molecule is CCN1CCCC1CNC(N)=NCC(C)Oc1ccc(OC)cc1. The summed E-state index contributed by atoms with van der Waals surface area (Å²) in [5.41, 5.74) is 5.97. The Morgan fingerprint density at radius 3 is 2.75 bits per heavy atom. The molecule has 2 unspecified atom stereocenters. The normalized spacial score (nSPS) is 20.0. The predicted molar refractivity (Wildman–Crippen MR) is 97.8 cm³/mol. The third-order valence-corrected chi connectivity index (χ3v) is 4.34. The van der Waals surface area contributed by atoms with Gasteiger partial charge in [-0.3, -0.25) is 4.90 Å². The monoisotopic (exact) mass is 334 g/mol. The Kier molecular flexibility index (Phi) is 7.18. The Hall–Kier alpha value is -1.95. The van der Waals surface area contributed by atoms with Crippen LogP contribution in [0.5, 0.6) is 11.5 Å². The van der Waals surface area contributed by atoms with Gasteiger partial charge in [-0.15, -0.1) is 0 Å². The zero-order valence-corrected chi connectivity index (χ0v) is 15.0. The second-order valence-corrected chi connectivity index (χ2v) is 6.14. The highest BCUT2D eigenvalue weighted by molar-refractivity contribution is 5.77. The highest BCUT2D eigenvalue weighted by Gasteiger charge is 2.22. The molecule has 1 aliphatic heterocycles. The molecule has 1 aromatic rings. The first kappa shape index (κ1) is 18.4. The van der Waals surface area contributed by atoms with E-state index in [1.165, 1.54) is 19.4 Å². The van der Waals surface area contributed by atoms with Gasteiger partial charge in [0, 0.05) is 12.6 Å². The Morgan fingerprint density at radius 2 is 2.08 bits per heavy atom. The standard InChI is InChI=1S/C18H30N4O2/c1-4-22-11-5-6-15(22)13-21-18(19)20-12-14(2)24-17-9-7-16(23-3)8-10-17/h7-10,14-15H,4-6,11-13H2,1-3H3,(H3,19,20,21). The number of nitrogens with one attached hydrogen (secondary N) is 1. The van der Waals surface area contributed by atoms with Crippen LogP contribution in [0.25, 0.3) is 0 Å². The summed E-state index contributed by atoms with van der Waals surface area (Å²) < 4.78 is 11.0. The molecule has 3 N–H and O–H groups in total. The van der Waals surface area contributed by atoms with Crippen molar-refractivity contribution in [2.45, 2.75) is 38.8 Å². The fourth-order valence-corrected chi connectivity index (χ4v) is 2.97. The van der Waals surface area contributed by atoms with Crippen LogP contribution in [-0.4, -0.2) is 56.3 Å². The molecule has 1 heterocycles. The van der Waals surface area contributed by atoms with Crippen LogP contribution in [0.3, 0.4) is 0 Å². The summed E-state index contributed by atoms with van der Waals surface area (Å²) >= 11 is 0. The number of hydrogen-bond acceptors (Lipinski definition) is 4. The molecule has 134 valence electrons. The highest BCUT2D eigenvalue weighted by atomic mass is 16.5. The summed E-state index contributed by atoms with van der Waals surface area (Å²) in [5.74, 6) is 2.10. The predicted octanol–water partition coefficient (Wildman–Crippen LogP) is 1.85. The molecule has 0 bridgehead atoms. The molecule has 6 heteroatoms. The minimum atomic E-state index is -0.0441. The van der Waals surface area contributed by atoms with Gasteiger partial charge < -0.3 is 20.5 Å². The fourth-order valence-electron chi connectivity index (χ4n) is 2.97. The third kappa shape index (κ3) is 5.60. The number of likely N-dealkylation sites (tertiary alicyclic amines) is 1. The van der Waals surface area contributed by atoms with Crippen LogP contribution < -0.4 is 20.5 Å². The van der Waals surface area contributed by atoms with Gasteiger partial charge in [-0.1, -0.05) is 6.92 Å². The van der Waals surface area contributed by atoms with Crippen molar-refractivity contribution in [3.8, 4) is 11.5 Å². The topological polar surface area (TPSA) is 72.1 Å². The molecule has 0 radical (unpaired) electrons. The van der Waals surface area contributed by atoms with Crippen molar-refractivity contribution in [1.82, 2.24) is 10.2 Å². The van der Waals surface area contributed by atoms with Gasteiger partial charge in [-0.2, -0.15) is 0 Å². The van der Waals surface area contributed by atoms with E-state index in [0.717, 1.165) is 24.6 Å². The molecule has 1 saturated heterocycles. The zero-order chi connectivity index (χ0) is 17.4. The van der Waals surface area contributed by atoms with E-state index in [4.69, 9.17) is 15.2 Å². The lowest BCUT2D eigenvalue weighted by Crippen LogP contribution is -2.43. The van der Waals surface area contributed by atoms with E-state index in [1.807, 2.05) is 31.2 Å². The number of aliphatic imine (C=N–C) groups is 1. The molecule has 1 fully saturated rings. The molecular weight excluding hydrogens is 304 g/mol. The summed E-state index contributed by atoms with van der Waals surface area (Å²) in [6.45, 7) is 7.84. The second kappa shape index (κ2) is 9.37. The van der Waals surface area contributed by atoms with Crippen LogP contribution in [-0.2, 0) is 0 Å². The van der Waals surface area contributed by atoms with Gasteiger partial charge in [0.05, 0.1) is 13.7 Å². The van der Waals surface area contributed by atoms with Crippen LogP contribution in [0.4, 0.5) is 0 Å². The van der Waals surface area contributed by atoms with E-state index >= 15 is 0 Å². The molecule has 1 aromatic carbocycles. The molecule has 0 saturated carbocycles. The van der Waals surface area contributed by atoms with E-state index in [0.29, 0.717) is 18.5 Å². The molecule has 1 aliphatic rings. The molecule has 2 rings (SSSR count). The fraction of sp³-hybridized carbons (Fsp3) is 0.611. The first-order valence-electron chi connectivity index (χ1n) is 8.71. The number of rotatable bonds is 8. The van der Waals surface area contributed by atoms with Crippen molar-refractivity contribution in [2.24, 2.45) is 10.7 Å². The molecule has 0 aliphatic carbocycles. The zero-order valence-electron chi connectivity index (χ0n) is 15.0. The van der Waals surface area contributed by atoms with Crippen LogP contribution in [0.2, 0.25) is 0 Å². The number of benzene rings is 1. The van der Waals surface area contributed by atoms with Crippen molar-refractivity contribution in [1.29, 1.82) is 0 Å². The van der Waals surface area contributed by atoms with Gasteiger partial charge in [0.15, 0.2) is 5.96 Å². The molecule has 6 nitrogen and oxygen atoms in total. The molecule has 24 heavy (non-hydrogen) atoms. The number of guanidine groups is 1. The van der Waals surface area contributed by atoms with Gasteiger partial charge in [-0.25, -0.2) is 4.99 Å². The van der Waals surface area contributed by atoms with Crippen molar-refractivity contribution in [2.75, 3.05) is 33.3 Å². The Balaban J connectivity index is 1.72. The van der Waals surface area contributed by atoms with E-state index in [-0.39, 0.29) is 6.10 Å². The quantitative estimate of drug-likeness (QED) is 0.561. The maximum atomic E-state index is 5.97. The van der Waals surface area contributed by atoms with Crippen molar-refractivity contribution >= 4 is 5.96 Å². The summed E-state index contributed by atoms with van der Waals surface area (Å²) in [5, 5.41) is 3.24. The lowest BCUT2D eigenvalue weighted by molar-refractivity contribution is 0.230. The largest absolute Gasteiger partial charge is 0.497 e. The summed E-state index contributed by atoms with van der Waals surface area (Å²) in [7, 11) is 1.65. The lowest BCUT2D eigenvalue weighted by atomic mass is 10.2. The summed E-state index contributed by atoms with van der Waals surface area (Å²) in [4.78, 5) is 6.86. The van der Waals surface area contributed by atoms with Gasteiger partial charge >= 0.3 is 0 Å². The van der Waals surface area contributed by atoms with Gasteiger partial charge in [-0.05, 0) is 57.1 Å². The average Bonchev–Trinajstić information content (AvgIpc) is 3.06. The Labute approximate surface area is 145 Å². The number of nitrogens with zero attached hydrogens (tertiary/aromatic N) is 2. The number of nitrogens with two attached hydrogens (primary N) is 1. The number of ether oxygens (including phenoxy) is 2. The highest BCUT2D eigenvalue weighted by Crippen LogP contribution is 2.18. The summed E-state index contributed by atoms with van der Waals surface area (Å²) in [6, 6.07) is 8.10. The smallest absolute Gasteiger partial charge is 0.188 e. The van der Waals surface area contributed by atoms with Crippen LogP contribution in [0.15, 0.2) is 29.3 Å². The van der Waals surface area contributed by atoms with E-state index in [9.17, 15) is 0 Å². The number of hydrogen-bond donors (Lipinski definition) is 2. The average molecular weight is 334 g/mol. The maximum Gasteiger partial charge on any atom is 0.188 e. The van der Waals surface area contributed by atoms with Crippen molar-refractivity contribution < 1.29 is 9.47 Å². The molecule has 0 aromatic heterocycles. The molecule has 2 atom stereocenters.